The number of rotatable bonds is 4. The van der Waals surface area contributed by atoms with Gasteiger partial charge in [0, 0.05) is 5.69 Å². The third-order valence-corrected chi connectivity index (χ3v) is 2.73. The number of anilines is 1. The topological polar surface area (TPSA) is 101 Å². The largest absolute Gasteiger partial charge is 0.287 e. The van der Waals surface area contributed by atoms with E-state index in [0.717, 1.165) is 6.26 Å². The molecule has 0 aromatic heterocycles. The Kier molecular flexibility index (Phi) is 3.91. The summed E-state index contributed by atoms with van der Waals surface area (Å²) in [5.41, 5.74) is 0.887. The average Bonchev–Trinajstić information content (AvgIpc) is 2.13. The highest BCUT2D eigenvalue weighted by molar-refractivity contribution is 7.92. The number of nitrogens with one attached hydrogen (secondary N) is 1. The Morgan fingerprint density at radius 2 is 1.65 bits per heavy atom. The van der Waals surface area contributed by atoms with Crippen molar-refractivity contribution in [2.24, 2.45) is 0 Å². The van der Waals surface area contributed by atoms with Crippen molar-refractivity contribution in [3.8, 4) is 0 Å². The molecule has 6 nitrogen and oxygen atoms in total. The van der Waals surface area contributed by atoms with E-state index >= 15 is 0 Å². The molecule has 0 aliphatic carbocycles. The van der Waals surface area contributed by atoms with Gasteiger partial charge in [-0.05, 0) is 23.8 Å². The highest BCUT2D eigenvalue weighted by atomic mass is 32.2. The molecule has 0 saturated carbocycles. The van der Waals surface area contributed by atoms with Crippen LogP contribution in [0.2, 0.25) is 0 Å². The van der Waals surface area contributed by atoms with Crippen LogP contribution in [0.3, 0.4) is 0 Å². The Labute approximate surface area is 99.8 Å². The van der Waals surface area contributed by atoms with Gasteiger partial charge in [-0.2, -0.15) is 8.42 Å². The van der Waals surface area contributed by atoms with Gasteiger partial charge in [-0.15, -0.1) is 0 Å². The molecular formula is C9H11NO5S2. The fourth-order valence-electron chi connectivity index (χ4n) is 1.04. The fraction of sp³-hybridized carbons (Fsp3) is 0.111. The number of hydrogen-bond acceptors (Lipinski definition) is 4. The second kappa shape index (κ2) is 4.86. The molecule has 0 amide bonds. The molecule has 0 fully saturated rings. The third-order valence-electron chi connectivity index (χ3n) is 1.65. The predicted octanol–water partition coefficient (Wildman–Crippen LogP) is 0.917. The lowest BCUT2D eigenvalue weighted by atomic mass is 10.2. The molecule has 2 N–H and O–H groups in total. The maximum atomic E-state index is 10.9. The number of benzene rings is 1. The molecule has 1 aromatic rings. The van der Waals surface area contributed by atoms with Crippen LogP contribution in [0.15, 0.2) is 29.7 Å². The summed E-state index contributed by atoms with van der Waals surface area (Å²) in [6.45, 7) is 0. The van der Waals surface area contributed by atoms with E-state index in [0.29, 0.717) is 16.7 Å². The van der Waals surface area contributed by atoms with Crippen molar-refractivity contribution in [3.05, 3.63) is 35.2 Å². The smallest absolute Gasteiger partial charge is 0.284 e. The molecule has 0 radical (unpaired) electrons. The van der Waals surface area contributed by atoms with E-state index in [1.165, 1.54) is 30.3 Å². The van der Waals surface area contributed by atoms with Gasteiger partial charge < -0.3 is 0 Å². The zero-order valence-electron chi connectivity index (χ0n) is 8.86. The quantitative estimate of drug-likeness (QED) is 0.797. The molecule has 0 spiro atoms. The molecule has 8 heteroatoms. The Hall–Kier alpha value is -1.38. The van der Waals surface area contributed by atoms with Gasteiger partial charge in [0.2, 0.25) is 10.0 Å². The molecule has 0 heterocycles. The molecule has 0 unspecified atom stereocenters. The standard InChI is InChI=1S/C9H11NO5S2/c1-16(11,12)10-9-4-2-8(3-5-9)6-7-17(13,14)15/h2-7,10H,1H3,(H,13,14,15)/b7-6+. The summed E-state index contributed by atoms with van der Waals surface area (Å²) >= 11 is 0. The highest BCUT2D eigenvalue weighted by Gasteiger charge is 2.01. The van der Waals surface area contributed by atoms with E-state index in [4.69, 9.17) is 4.55 Å². The average molecular weight is 277 g/mol. The van der Waals surface area contributed by atoms with Gasteiger partial charge in [-0.25, -0.2) is 8.42 Å². The summed E-state index contributed by atoms with van der Waals surface area (Å²) in [6, 6.07) is 5.97. The second-order valence-corrected chi connectivity index (χ2v) is 6.36. The van der Waals surface area contributed by atoms with E-state index < -0.39 is 20.1 Å². The Balaban J connectivity index is 2.86. The van der Waals surface area contributed by atoms with Crippen LogP contribution >= 0.6 is 0 Å². The van der Waals surface area contributed by atoms with E-state index in [1.807, 2.05) is 0 Å². The van der Waals surface area contributed by atoms with Crippen LogP contribution in [0.25, 0.3) is 6.08 Å². The first-order chi connectivity index (χ1) is 7.66. The minimum Gasteiger partial charge on any atom is -0.284 e. The monoisotopic (exact) mass is 277 g/mol. The first-order valence-electron chi connectivity index (χ1n) is 4.39. The Bertz CT molecular complexity index is 614. The van der Waals surface area contributed by atoms with Gasteiger partial charge in [0.05, 0.1) is 11.7 Å². The molecule has 17 heavy (non-hydrogen) atoms. The van der Waals surface area contributed by atoms with E-state index in [9.17, 15) is 16.8 Å². The predicted molar refractivity (Wildman–Crippen MR) is 65.5 cm³/mol. The van der Waals surface area contributed by atoms with Crippen LogP contribution in [-0.2, 0) is 20.1 Å². The highest BCUT2D eigenvalue weighted by Crippen LogP contribution is 2.12. The lowest BCUT2D eigenvalue weighted by Gasteiger charge is -2.03. The Morgan fingerprint density at radius 1 is 1.12 bits per heavy atom. The first kappa shape index (κ1) is 13.7. The number of sulfonamides is 1. The molecule has 94 valence electrons. The zero-order valence-corrected chi connectivity index (χ0v) is 10.5. The van der Waals surface area contributed by atoms with Gasteiger partial charge in [0.25, 0.3) is 10.1 Å². The maximum absolute atomic E-state index is 10.9. The number of hydrogen-bond donors (Lipinski definition) is 2. The van der Waals surface area contributed by atoms with Gasteiger partial charge >= 0.3 is 0 Å². The van der Waals surface area contributed by atoms with Crippen LogP contribution in [0.1, 0.15) is 5.56 Å². The van der Waals surface area contributed by atoms with Gasteiger partial charge in [-0.1, -0.05) is 12.1 Å². The summed E-state index contributed by atoms with van der Waals surface area (Å²) in [5.74, 6) is 0. The van der Waals surface area contributed by atoms with Crippen molar-refractivity contribution in [2.45, 2.75) is 0 Å². The molecular weight excluding hydrogens is 266 g/mol. The summed E-state index contributed by atoms with van der Waals surface area (Å²) in [5, 5.41) is 0.645. The third kappa shape index (κ3) is 6.05. The fourth-order valence-corrected chi connectivity index (χ4v) is 1.93. The molecule has 0 atom stereocenters. The molecule has 1 aromatic carbocycles. The molecule has 0 bridgehead atoms. The van der Waals surface area contributed by atoms with Crippen molar-refractivity contribution < 1.29 is 21.4 Å². The lowest BCUT2D eigenvalue weighted by Crippen LogP contribution is -2.09. The Morgan fingerprint density at radius 3 is 2.06 bits per heavy atom. The van der Waals surface area contributed by atoms with Crippen LogP contribution in [0, 0.1) is 0 Å². The van der Waals surface area contributed by atoms with Gasteiger partial charge in [-0.3, -0.25) is 9.27 Å². The summed E-state index contributed by atoms with van der Waals surface area (Å²) in [7, 11) is -7.48. The minimum atomic E-state index is -4.15. The second-order valence-electron chi connectivity index (χ2n) is 3.31. The van der Waals surface area contributed by atoms with E-state index in [2.05, 4.69) is 4.72 Å². The zero-order chi connectivity index (χ0) is 13.1. The van der Waals surface area contributed by atoms with Crippen LogP contribution in [0.4, 0.5) is 5.69 Å². The molecule has 0 saturated heterocycles. The van der Waals surface area contributed by atoms with Gasteiger partial charge in [0.15, 0.2) is 0 Å². The van der Waals surface area contributed by atoms with E-state index in [-0.39, 0.29) is 0 Å². The van der Waals surface area contributed by atoms with Gasteiger partial charge in [0.1, 0.15) is 0 Å². The molecule has 1 rings (SSSR count). The molecule has 0 aliphatic rings. The normalized spacial score (nSPS) is 12.8. The van der Waals surface area contributed by atoms with Crippen LogP contribution in [0.5, 0.6) is 0 Å². The SMILES string of the molecule is CS(=O)(=O)Nc1ccc(/C=C/S(=O)(=O)O)cc1. The summed E-state index contributed by atoms with van der Waals surface area (Å²) < 4.78 is 53.4. The minimum absolute atomic E-state index is 0.372. The van der Waals surface area contributed by atoms with Crippen LogP contribution in [-0.4, -0.2) is 27.6 Å². The van der Waals surface area contributed by atoms with Crippen molar-refractivity contribution in [3.63, 3.8) is 0 Å². The lowest BCUT2D eigenvalue weighted by molar-refractivity contribution is 0.494. The van der Waals surface area contributed by atoms with E-state index in [1.54, 1.807) is 0 Å². The van der Waals surface area contributed by atoms with Crippen LogP contribution < -0.4 is 4.72 Å². The van der Waals surface area contributed by atoms with Crippen molar-refractivity contribution in [1.29, 1.82) is 0 Å². The first-order valence-corrected chi connectivity index (χ1v) is 7.79. The van der Waals surface area contributed by atoms with Crippen molar-refractivity contribution in [1.82, 2.24) is 0 Å². The summed E-state index contributed by atoms with van der Waals surface area (Å²) in [4.78, 5) is 0. The molecule has 0 aliphatic heterocycles. The van der Waals surface area contributed by atoms with Crippen molar-refractivity contribution in [2.75, 3.05) is 11.0 Å². The summed E-state index contributed by atoms with van der Waals surface area (Å²) in [6.07, 6.45) is 2.22. The maximum Gasteiger partial charge on any atom is 0.287 e. The van der Waals surface area contributed by atoms with Crippen molar-refractivity contribution >= 4 is 31.9 Å².